The molecule has 1 nitrogen and oxygen atoms in total. The molecular weight excluding hydrogens is 134 g/mol. The van der Waals surface area contributed by atoms with Crippen LogP contribution in [0.25, 0.3) is 0 Å². The molecule has 0 aliphatic carbocycles. The summed E-state index contributed by atoms with van der Waals surface area (Å²) in [7, 11) is 0. The Kier molecular flexibility index (Phi) is 7.29. The number of nitrogens with one attached hydrogen (secondary N) is 1. The Morgan fingerprint density at radius 1 is 1.36 bits per heavy atom. The third-order valence-electron chi connectivity index (χ3n) is 1.72. The van der Waals surface area contributed by atoms with Gasteiger partial charge in [0.25, 0.3) is 0 Å². The molecule has 1 heteroatoms. The lowest BCUT2D eigenvalue weighted by atomic mass is 10.1. The van der Waals surface area contributed by atoms with Gasteiger partial charge in [-0.25, -0.2) is 0 Å². The molecule has 0 amide bonds. The van der Waals surface area contributed by atoms with Crippen LogP contribution in [0.1, 0.15) is 39.5 Å². The van der Waals surface area contributed by atoms with Crippen molar-refractivity contribution >= 4 is 0 Å². The molecule has 1 atom stereocenters. The third-order valence-corrected chi connectivity index (χ3v) is 1.72. The zero-order chi connectivity index (χ0) is 8.53. The van der Waals surface area contributed by atoms with E-state index in [1.54, 1.807) is 0 Å². The summed E-state index contributed by atoms with van der Waals surface area (Å²) in [5, 5.41) is 3.19. The molecule has 0 saturated heterocycles. The second-order valence-electron chi connectivity index (χ2n) is 2.75. The molecule has 0 fully saturated rings. The average molecular weight is 152 g/mol. The van der Waals surface area contributed by atoms with Crippen LogP contribution in [0.3, 0.4) is 0 Å². The zero-order valence-corrected chi connectivity index (χ0v) is 7.61. The van der Waals surface area contributed by atoms with Crippen LogP contribution in [0.2, 0.25) is 0 Å². The lowest BCUT2D eigenvalue weighted by molar-refractivity contribution is 0.547. The molecule has 11 heavy (non-hydrogen) atoms. The number of hydrogen-bond donors (Lipinski definition) is 1. The van der Waals surface area contributed by atoms with Crippen molar-refractivity contribution in [2.45, 2.75) is 45.6 Å². The maximum atomic E-state index is 6.99. The summed E-state index contributed by atoms with van der Waals surface area (Å²) < 4.78 is 0. The molecule has 63 valence electrons. The predicted molar refractivity (Wildman–Crippen MR) is 48.7 cm³/mol. The van der Waals surface area contributed by atoms with Crippen molar-refractivity contribution in [3.63, 3.8) is 0 Å². The third kappa shape index (κ3) is 5.94. The van der Waals surface area contributed by atoms with Gasteiger partial charge in [-0.1, -0.05) is 39.0 Å². The summed E-state index contributed by atoms with van der Waals surface area (Å²) in [6.45, 7) is 5.18. The van der Waals surface area contributed by atoms with Crippen molar-refractivity contribution in [1.82, 2.24) is 5.32 Å². The average Bonchev–Trinajstić information content (AvgIpc) is 2.03. The van der Waals surface area contributed by atoms with Crippen LogP contribution in [0.5, 0.6) is 0 Å². The Morgan fingerprint density at radius 2 is 2.09 bits per heavy atom. The Labute approximate surface area is 70.6 Å². The van der Waals surface area contributed by atoms with E-state index in [-0.39, 0.29) is 6.04 Å². The van der Waals surface area contributed by atoms with Crippen molar-refractivity contribution in [2.75, 3.05) is 6.54 Å². The SMILES string of the molecule is [C]#CC(CCCCC)NCC. The molecule has 0 spiro atoms. The van der Waals surface area contributed by atoms with Gasteiger partial charge in [0.1, 0.15) is 0 Å². The van der Waals surface area contributed by atoms with E-state index in [1.165, 1.54) is 19.3 Å². The maximum absolute atomic E-state index is 6.99. The summed E-state index contributed by atoms with van der Waals surface area (Å²) in [4.78, 5) is 0. The summed E-state index contributed by atoms with van der Waals surface area (Å²) >= 11 is 0. The van der Waals surface area contributed by atoms with Gasteiger partial charge in [-0.2, -0.15) is 0 Å². The van der Waals surface area contributed by atoms with Gasteiger partial charge in [-0.05, 0) is 19.4 Å². The molecule has 1 unspecified atom stereocenters. The van der Waals surface area contributed by atoms with E-state index >= 15 is 0 Å². The standard InChI is InChI=1S/C10H18N/c1-4-7-8-9-10(5-2)11-6-3/h10-11H,4,6-9H2,1,3H3. The highest BCUT2D eigenvalue weighted by Crippen LogP contribution is 2.02. The van der Waals surface area contributed by atoms with Gasteiger partial charge in [-0.15, -0.1) is 0 Å². The van der Waals surface area contributed by atoms with Gasteiger partial charge in [0.15, 0.2) is 0 Å². The first-order valence-corrected chi connectivity index (χ1v) is 4.50. The lowest BCUT2D eigenvalue weighted by Gasteiger charge is -2.09. The summed E-state index contributed by atoms with van der Waals surface area (Å²) in [6.07, 6.45) is 11.8. The highest BCUT2D eigenvalue weighted by atomic mass is 14.9. The van der Waals surface area contributed by atoms with Gasteiger partial charge in [0, 0.05) is 0 Å². The molecule has 0 bridgehead atoms. The lowest BCUT2D eigenvalue weighted by Crippen LogP contribution is -2.26. The summed E-state index contributed by atoms with van der Waals surface area (Å²) in [5.41, 5.74) is 0. The van der Waals surface area contributed by atoms with Crippen molar-refractivity contribution in [3.8, 4) is 5.92 Å². The molecule has 1 N–H and O–H groups in total. The minimum absolute atomic E-state index is 0.187. The molecular formula is C10H18N. The number of hydrogen-bond acceptors (Lipinski definition) is 1. The fourth-order valence-electron chi connectivity index (χ4n) is 1.07. The van der Waals surface area contributed by atoms with E-state index in [2.05, 4.69) is 25.1 Å². The fourth-order valence-corrected chi connectivity index (χ4v) is 1.07. The van der Waals surface area contributed by atoms with Gasteiger partial charge >= 0.3 is 0 Å². The Balaban J connectivity index is 3.30. The quantitative estimate of drug-likeness (QED) is 0.454. The van der Waals surface area contributed by atoms with Gasteiger partial charge in [0.2, 0.25) is 0 Å². The summed E-state index contributed by atoms with van der Waals surface area (Å²) in [6, 6.07) is 0.187. The van der Waals surface area contributed by atoms with Crippen LogP contribution in [0.4, 0.5) is 0 Å². The molecule has 0 aromatic heterocycles. The molecule has 0 aromatic rings. The second kappa shape index (κ2) is 7.63. The van der Waals surface area contributed by atoms with Crippen molar-refractivity contribution in [3.05, 3.63) is 6.42 Å². The van der Waals surface area contributed by atoms with E-state index in [4.69, 9.17) is 6.42 Å². The zero-order valence-electron chi connectivity index (χ0n) is 7.61. The Bertz CT molecular complexity index is 113. The van der Waals surface area contributed by atoms with E-state index in [0.717, 1.165) is 13.0 Å². The van der Waals surface area contributed by atoms with Crippen LogP contribution in [-0.4, -0.2) is 12.6 Å². The first-order chi connectivity index (χ1) is 5.35. The van der Waals surface area contributed by atoms with Crippen LogP contribution in [0, 0.1) is 12.3 Å². The molecule has 0 saturated carbocycles. The first-order valence-electron chi connectivity index (χ1n) is 4.50. The van der Waals surface area contributed by atoms with Crippen molar-refractivity contribution < 1.29 is 0 Å². The van der Waals surface area contributed by atoms with Crippen molar-refractivity contribution in [2.24, 2.45) is 0 Å². The van der Waals surface area contributed by atoms with Gasteiger partial charge in [-0.3, -0.25) is 0 Å². The van der Waals surface area contributed by atoms with Crippen LogP contribution in [-0.2, 0) is 0 Å². The van der Waals surface area contributed by atoms with Crippen LogP contribution >= 0.6 is 0 Å². The smallest absolute Gasteiger partial charge is 0.0699 e. The Morgan fingerprint density at radius 3 is 2.55 bits per heavy atom. The van der Waals surface area contributed by atoms with Gasteiger partial charge < -0.3 is 5.32 Å². The van der Waals surface area contributed by atoms with Crippen molar-refractivity contribution in [1.29, 1.82) is 0 Å². The van der Waals surface area contributed by atoms with Gasteiger partial charge in [0.05, 0.1) is 6.04 Å². The Hall–Kier alpha value is -0.480. The minimum atomic E-state index is 0.187. The van der Waals surface area contributed by atoms with E-state index in [1.807, 2.05) is 0 Å². The second-order valence-corrected chi connectivity index (χ2v) is 2.75. The molecule has 1 radical (unpaired) electrons. The number of rotatable bonds is 6. The first kappa shape index (κ1) is 10.5. The number of unbranched alkanes of at least 4 members (excludes halogenated alkanes) is 2. The highest BCUT2D eigenvalue weighted by molar-refractivity contribution is 4.92. The van der Waals surface area contributed by atoms with Crippen LogP contribution < -0.4 is 5.32 Å². The van der Waals surface area contributed by atoms with Crippen LogP contribution in [0.15, 0.2) is 0 Å². The van der Waals surface area contributed by atoms with E-state index in [9.17, 15) is 0 Å². The monoisotopic (exact) mass is 152 g/mol. The highest BCUT2D eigenvalue weighted by Gasteiger charge is 2.00. The molecule has 0 rings (SSSR count). The minimum Gasteiger partial charge on any atom is -0.304 e. The molecule has 0 aliphatic rings. The molecule has 0 aromatic carbocycles. The topological polar surface area (TPSA) is 12.0 Å². The predicted octanol–water partition coefficient (Wildman–Crippen LogP) is 2.13. The van der Waals surface area contributed by atoms with E-state index in [0.29, 0.717) is 0 Å². The largest absolute Gasteiger partial charge is 0.304 e. The summed E-state index contributed by atoms with van der Waals surface area (Å²) in [5.74, 6) is 2.50. The normalized spacial score (nSPS) is 12.5. The van der Waals surface area contributed by atoms with E-state index < -0.39 is 0 Å². The maximum Gasteiger partial charge on any atom is 0.0699 e. The molecule has 0 heterocycles. The fraction of sp³-hybridized carbons (Fsp3) is 0.800. The molecule has 0 aliphatic heterocycles.